The van der Waals surface area contributed by atoms with Crippen LogP contribution in [0.3, 0.4) is 0 Å². The van der Waals surface area contributed by atoms with Crippen LogP contribution in [0.25, 0.3) is 0 Å². The predicted octanol–water partition coefficient (Wildman–Crippen LogP) is 2.74. The van der Waals surface area contributed by atoms with E-state index in [1.807, 2.05) is 0 Å². The third-order valence-corrected chi connectivity index (χ3v) is 6.21. The summed E-state index contributed by atoms with van der Waals surface area (Å²) in [6.45, 7) is 0.803. The lowest BCUT2D eigenvalue weighted by Crippen LogP contribution is -2.65. The Morgan fingerprint density at radius 3 is 2.38 bits per heavy atom. The SMILES string of the molecule is CCCCNC(=O)C1(OC(=O)C(F)(F)F)N=C(C(F)(F)F)C2=CNC[C@H](C(=O)CC(N)Cc3cc(F)c(F)cc3F)N21. The zero-order chi connectivity index (χ0) is 31.6. The fourth-order valence-corrected chi connectivity index (χ4v) is 4.31. The molecule has 0 bridgehead atoms. The molecular weight excluding hydrogens is 593 g/mol. The van der Waals surface area contributed by atoms with Crippen molar-refractivity contribution in [2.24, 2.45) is 10.7 Å². The first-order chi connectivity index (χ1) is 19.4. The molecule has 9 nitrogen and oxygen atoms in total. The molecule has 232 valence electrons. The number of aliphatic imine (C=N–C) groups is 1. The van der Waals surface area contributed by atoms with Gasteiger partial charge in [0.25, 0.3) is 0 Å². The van der Waals surface area contributed by atoms with Crippen molar-refractivity contribution < 1.29 is 58.6 Å². The van der Waals surface area contributed by atoms with E-state index in [9.17, 15) is 53.9 Å². The van der Waals surface area contributed by atoms with Gasteiger partial charge in [0, 0.05) is 37.8 Å². The van der Waals surface area contributed by atoms with Gasteiger partial charge >= 0.3 is 30.1 Å². The van der Waals surface area contributed by atoms with Gasteiger partial charge in [0.2, 0.25) is 0 Å². The van der Waals surface area contributed by atoms with E-state index < -0.39 is 102 Å². The molecule has 0 fully saturated rings. The number of allylic oxidation sites excluding steroid dienone is 1. The molecule has 4 N–H and O–H groups in total. The highest BCUT2D eigenvalue weighted by Crippen LogP contribution is 2.42. The Morgan fingerprint density at radius 1 is 1.14 bits per heavy atom. The second-order valence-corrected chi connectivity index (χ2v) is 9.38. The van der Waals surface area contributed by atoms with Crippen LogP contribution >= 0.6 is 0 Å². The van der Waals surface area contributed by atoms with Crippen LogP contribution in [-0.4, -0.2) is 71.6 Å². The first-order valence-electron chi connectivity index (χ1n) is 12.3. The van der Waals surface area contributed by atoms with E-state index in [1.54, 1.807) is 6.92 Å². The van der Waals surface area contributed by atoms with Crippen LogP contribution in [0.15, 0.2) is 29.0 Å². The molecule has 3 rings (SSSR count). The molecule has 42 heavy (non-hydrogen) atoms. The summed E-state index contributed by atoms with van der Waals surface area (Å²) in [5.74, 6) is -13.6. The topological polar surface area (TPSA) is 126 Å². The normalized spacial score (nSPS) is 21.1. The van der Waals surface area contributed by atoms with Gasteiger partial charge in [-0.3, -0.25) is 14.5 Å². The molecule has 2 aliphatic rings. The number of rotatable bonds is 10. The molecule has 2 aliphatic heterocycles. The minimum absolute atomic E-state index is 0.213. The van der Waals surface area contributed by atoms with E-state index in [0.29, 0.717) is 18.7 Å². The van der Waals surface area contributed by atoms with Crippen molar-refractivity contribution in [1.29, 1.82) is 0 Å². The van der Waals surface area contributed by atoms with Crippen LogP contribution < -0.4 is 16.4 Å². The average Bonchev–Trinajstić information content (AvgIpc) is 3.23. The van der Waals surface area contributed by atoms with Gasteiger partial charge in [-0.1, -0.05) is 13.3 Å². The Morgan fingerprint density at radius 2 is 1.79 bits per heavy atom. The monoisotopic (exact) mass is 617 g/mol. The maximum atomic E-state index is 14.1. The number of nitrogens with two attached hydrogens (primary N) is 1. The maximum absolute atomic E-state index is 14.1. The molecule has 1 aromatic rings. The second kappa shape index (κ2) is 12.2. The molecule has 1 amide bonds. The van der Waals surface area contributed by atoms with Crippen LogP contribution in [0.1, 0.15) is 31.7 Å². The number of alkyl halides is 6. The molecule has 3 atom stereocenters. The van der Waals surface area contributed by atoms with Gasteiger partial charge in [0.05, 0.1) is 5.70 Å². The Kier molecular flexibility index (Phi) is 9.48. The zero-order valence-electron chi connectivity index (χ0n) is 21.6. The lowest BCUT2D eigenvalue weighted by molar-refractivity contribution is -0.227. The highest BCUT2D eigenvalue weighted by atomic mass is 19.4. The number of esters is 1. The Balaban J connectivity index is 2.03. The summed E-state index contributed by atoms with van der Waals surface area (Å²) in [6.07, 6.45) is -11.2. The average molecular weight is 617 g/mol. The number of ether oxygens (including phenoxy) is 1. The number of hydrogen-bond acceptors (Lipinski definition) is 8. The number of fused-ring (bicyclic) bond motifs is 1. The van der Waals surface area contributed by atoms with Gasteiger partial charge in [-0.15, -0.1) is 0 Å². The maximum Gasteiger partial charge on any atom is 0.491 e. The molecule has 0 aromatic heterocycles. The summed E-state index contributed by atoms with van der Waals surface area (Å²) in [5.41, 5.74) is 2.44. The number of nitrogens with zero attached hydrogens (tertiary/aromatic N) is 2. The standard InChI is InChI=1S/C24H24F9N5O4/c1-2-3-4-36-20(40)24(42-21(41)23(31,32)33)37-19(22(28,29)30)17-10-35-9-16(38(17)24)18(39)7-12(34)5-11-6-14(26)15(27)8-13(11)25/h6,8,10,12,16,35H,2-5,7,9,34H2,1H3,(H,36,40)/t12?,16-,24?/m1/s1. The number of carbonyl (C=O) groups is 3. The van der Waals surface area contributed by atoms with Gasteiger partial charge in [-0.05, 0) is 24.5 Å². The summed E-state index contributed by atoms with van der Waals surface area (Å²) in [5, 5.41) is 4.44. The van der Waals surface area contributed by atoms with E-state index in [2.05, 4.69) is 20.4 Å². The van der Waals surface area contributed by atoms with Gasteiger partial charge in [0.15, 0.2) is 23.1 Å². The molecule has 0 radical (unpaired) electrons. The molecule has 0 saturated carbocycles. The first-order valence-corrected chi connectivity index (χ1v) is 12.3. The molecule has 1 aromatic carbocycles. The minimum Gasteiger partial charge on any atom is -0.402 e. The number of hydrogen-bond donors (Lipinski definition) is 3. The number of nitrogens with one attached hydrogen (secondary N) is 2. The number of Topliss-reactive ketones (excluding diaryl/α,β-unsaturated/α-hetero) is 1. The van der Waals surface area contributed by atoms with Crippen molar-refractivity contribution in [1.82, 2.24) is 15.5 Å². The quantitative estimate of drug-likeness (QED) is 0.160. The number of unbranched alkanes of at least 4 members (excludes halogenated alkanes) is 1. The van der Waals surface area contributed by atoms with Crippen LogP contribution in [0.5, 0.6) is 0 Å². The second-order valence-electron chi connectivity index (χ2n) is 9.38. The minimum atomic E-state index is -5.78. The van der Waals surface area contributed by atoms with Crippen molar-refractivity contribution in [3.63, 3.8) is 0 Å². The molecule has 0 saturated heterocycles. The summed E-state index contributed by atoms with van der Waals surface area (Å²) in [7, 11) is 0. The number of ketones is 1. The Labute approximate surface area is 231 Å². The number of amides is 1. The molecule has 2 heterocycles. The summed E-state index contributed by atoms with van der Waals surface area (Å²) < 4.78 is 127. The third kappa shape index (κ3) is 6.79. The van der Waals surface area contributed by atoms with Gasteiger partial charge < -0.3 is 21.1 Å². The molecule has 18 heteroatoms. The Hall–Kier alpha value is -3.83. The fourth-order valence-electron chi connectivity index (χ4n) is 4.31. The van der Waals surface area contributed by atoms with Crippen molar-refractivity contribution in [3.8, 4) is 0 Å². The zero-order valence-corrected chi connectivity index (χ0v) is 21.6. The van der Waals surface area contributed by atoms with Gasteiger partial charge in [-0.2, -0.15) is 26.3 Å². The predicted molar refractivity (Wildman–Crippen MR) is 126 cm³/mol. The van der Waals surface area contributed by atoms with E-state index >= 15 is 0 Å². The lowest BCUT2D eigenvalue weighted by atomic mass is 9.96. The Bertz CT molecular complexity index is 1300. The summed E-state index contributed by atoms with van der Waals surface area (Å²) in [6, 6.07) is -2.55. The smallest absolute Gasteiger partial charge is 0.402 e. The van der Waals surface area contributed by atoms with Crippen LogP contribution in [0, 0.1) is 17.5 Å². The lowest BCUT2D eigenvalue weighted by Gasteiger charge is -2.42. The third-order valence-electron chi connectivity index (χ3n) is 6.21. The highest BCUT2D eigenvalue weighted by molar-refractivity contribution is 6.10. The van der Waals surface area contributed by atoms with Crippen molar-refractivity contribution in [2.45, 2.75) is 62.9 Å². The van der Waals surface area contributed by atoms with E-state index in [1.165, 1.54) is 0 Å². The highest BCUT2D eigenvalue weighted by Gasteiger charge is 2.64. The van der Waals surface area contributed by atoms with Crippen LogP contribution in [-0.2, 0) is 25.5 Å². The first kappa shape index (κ1) is 32.7. The van der Waals surface area contributed by atoms with Crippen LogP contribution in [0.4, 0.5) is 39.5 Å². The van der Waals surface area contributed by atoms with E-state index in [-0.39, 0.29) is 23.9 Å². The van der Waals surface area contributed by atoms with Crippen molar-refractivity contribution in [2.75, 3.05) is 13.1 Å². The largest absolute Gasteiger partial charge is 0.491 e. The van der Waals surface area contributed by atoms with Gasteiger partial charge in [0.1, 0.15) is 11.9 Å². The van der Waals surface area contributed by atoms with Crippen molar-refractivity contribution >= 4 is 23.4 Å². The van der Waals surface area contributed by atoms with Crippen molar-refractivity contribution in [3.05, 3.63) is 47.0 Å². The summed E-state index contributed by atoms with van der Waals surface area (Å²) in [4.78, 5) is 41.7. The molecular formula is C24H24F9N5O4. The molecule has 2 unspecified atom stereocenters. The van der Waals surface area contributed by atoms with Crippen LogP contribution in [0.2, 0.25) is 0 Å². The van der Waals surface area contributed by atoms with E-state index in [4.69, 9.17) is 5.73 Å². The number of benzene rings is 1. The number of carbonyl (C=O) groups excluding carboxylic acids is 3. The number of halogens is 9. The molecule has 0 aliphatic carbocycles. The molecule has 0 spiro atoms. The summed E-state index contributed by atoms with van der Waals surface area (Å²) >= 11 is 0. The van der Waals surface area contributed by atoms with E-state index in [0.717, 1.165) is 0 Å². The van der Waals surface area contributed by atoms with Gasteiger partial charge in [-0.25, -0.2) is 23.0 Å². The fraction of sp³-hybridized carbons (Fsp3) is 0.500.